The van der Waals surface area contributed by atoms with Crippen molar-refractivity contribution in [1.82, 2.24) is 9.62 Å². The van der Waals surface area contributed by atoms with E-state index in [4.69, 9.17) is 5.73 Å². The van der Waals surface area contributed by atoms with E-state index in [1.54, 1.807) is 18.2 Å². The number of rotatable bonds is 6. The standard InChI is InChI=1S/C17H25N3O3S/c18-12-15(13-8-9-13)19-17(21)14-6-2-3-7-16(14)24(22,23)20-10-4-1-5-11-20/h2-3,6-7,13,15H,1,4-5,8-12,18H2,(H,19,21). The van der Waals surface area contributed by atoms with E-state index >= 15 is 0 Å². The van der Waals surface area contributed by atoms with Gasteiger partial charge >= 0.3 is 0 Å². The minimum atomic E-state index is -3.64. The van der Waals surface area contributed by atoms with Crippen LogP contribution in [0.3, 0.4) is 0 Å². The summed E-state index contributed by atoms with van der Waals surface area (Å²) in [5.41, 5.74) is 5.95. The van der Waals surface area contributed by atoms with Gasteiger partial charge in [-0.1, -0.05) is 18.6 Å². The SMILES string of the molecule is NCC(NC(=O)c1ccccc1S(=O)(=O)N1CCCCC1)C1CC1. The van der Waals surface area contributed by atoms with Crippen LogP contribution in [0, 0.1) is 5.92 Å². The largest absolute Gasteiger partial charge is 0.348 e. The topological polar surface area (TPSA) is 92.5 Å². The van der Waals surface area contributed by atoms with Crippen molar-refractivity contribution in [2.75, 3.05) is 19.6 Å². The molecule has 1 saturated carbocycles. The number of nitrogens with one attached hydrogen (secondary N) is 1. The summed E-state index contributed by atoms with van der Waals surface area (Å²) >= 11 is 0. The first-order valence-electron chi connectivity index (χ1n) is 8.64. The van der Waals surface area contributed by atoms with Gasteiger partial charge in [0.1, 0.15) is 0 Å². The van der Waals surface area contributed by atoms with Crippen molar-refractivity contribution in [3.8, 4) is 0 Å². The van der Waals surface area contributed by atoms with E-state index in [9.17, 15) is 13.2 Å². The molecule has 0 aromatic heterocycles. The van der Waals surface area contributed by atoms with E-state index in [1.807, 2.05) is 0 Å². The monoisotopic (exact) mass is 351 g/mol. The summed E-state index contributed by atoms with van der Waals surface area (Å²) in [6, 6.07) is 6.37. The van der Waals surface area contributed by atoms with Crippen LogP contribution >= 0.6 is 0 Å². The van der Waals surface area contributed by atoms with E-state index < -0.39 is 10.0 Å². The quantitative estimate of drug-likeness (QED) is 0.809. The van der Waals surface area contributed by atoms with Crippen molar-refractivity contribution >= 4 is 15.9 Å². The second-order valence-corrected chi connectivity index (χ2v) is 8.52. The van der Waals surface area contributed by atoms with E-state index in [0.717, 1.165) is 32.1 Å². The summed E-state index contributed by atoms with van der Waals surface area (Å²) in [6.07, 6.45) is 4.91. The van der Waals surface area contributed by atoms with E-state index in [1.165, 1.54) is 10.4 Å². The maximum absolute atomic E-state index is 12.9. The Hall–Kier alpha value is -1.44. The Morgan fingerprint density at radius 2 is 1.88 bits per heavy atom. The maximum atomic E-state index is 12.9. The lowest BCUT2D eigenvalue weighted by Gasteiger charge is -2.27. The van der Waals surface area contributed by atoms with Crippen molar-refractivity contribution in [2.24, 2.45) is 11.7 Å². The number of nitrogens with two attached hydrogens (primary N) is 1. The molecule has 1 aromatic carbocycles. The molecule has 3 N–H and O–H groups in total. The fourth-order valence-electron chi connectivity index (χ4n) is 3.24. The molecule has 1 aromatic rings. The second-order valence-electron chi connectivity index (χ2n) is 6.61. The minimum Gasteiger partial charge on any atom is -0.348 e. The fourth-order valence-corrected chi connectivity index (χ4v) is 4.94. The van der Waals surface area contributed by atoms with Gasteiger partial charge in [-0.2, -0.15) is 4.31 Å². The molecule has 24 heavy (non-hydrogen) atoms. The van der Waals surface area contributed by atoms with Gasteiger partial charge in [-0.25, -0.2) is 8.42 Å². The van der Waals surface area contributed by atoms with Gasteiger partial charge in [0, 0.05) is 25.7 Å². The molecule has 132 valence electrons. The second kappa shape index (κ2) is 7.21. The summed E-state index contributed by atoms with van der Waals surface area (Å²) in [4.78, 5) is 12.7. The normalized spacial score (nSPS) is 20.5. The van der Waals surface area contributed by atoms with Gasteiger partial charge in [0.05, 0.1) is 10.5 Å². The first-order valence-corrected chi connectivity index (χ1v) is 10.1. The van der Waals surface area contributed by atoms with Crippen molar-refractivity contribution in [3.05, 3.63) is 29.8 Å². The molecular formula is C17H25N3O3S. The number of nitrogens with zero attached hydrogens (tertiary/aromatic N) is 1. The number of amides is 1. The zero-order valence-corrected chi connectivity index (χ0v) is 14.6. The van der Waals surface area contributed by atoms with Crippen molar-refractivity contribution in [1.29, 1.82) is 0 Å². The number of carbonyl (C=O) groups is 1. The summed E-state index contributed by atoms with van der Waals surface area (Å²) < 4.78 is 27.4. The number of carbonyl (C=O) groups excluding carboxylic acids is 1. The molecule has 3 rings (SSSR count). The molecule has 2 aliphatic rings. The van der Waals surface area contributed by atoms with Gasteiger partial charge < -0.3 is 11.1 Å². The highest BCUT2D eigenvalue weighted by Crippen LogP contribution is 2.32. The Bertz CT molecular complexity index is 695. The molecule has 2 fully saturated rings. The number of sulfonamides is 1. The van der Waals surface area contributed by atoms with Gasteiger partial charge in [-0.05, 0) is 43.7 Å². The summed E-state index contributed by atoms with van der Waals surface area (Å²) in [7, 11) is -3.64. The molecule has 1 aliphatic carbocycles. The summed E-state index contributed by atoms with van der Waals surface area (Å²) in [6.45, 7) is 1.41. The van der Waals surface area contributed by atoms with Gasteiger partial charge in [0.15, 0.2) is 0 Å². The predicted molar refractivity (Wildman–Crippen MR) is 92.1 cm³/mol. The fraction of sp³-hybridized carbons (Fsp3) is 0.588. The molecule has 1 atom stereocenters. The highest BCUT2D eigenvalue weighted by molar-refractivity contribution is 7.89. The third-order valence-corrected chi connectivity index (χ3v) is 6.78. The first kappa shape index (κ1) is 17.4. The number of hydrogen-bond acceptors (Lipinski definition) is 4. The minimum absolute atomic E-state index is 0.0803. The molecule has 1 saturated heterocycles. The summed E-state index contributed by atoms with van der Waals surface area (Å²) in [5.74, 6) is 0.0679. The molecule has 0 radical (unpaired) electrons. The Labute approximate surface area is 143 Å². The maximum Gasteiger partial charge on any atom is 0.252 e. The lowest BCUT2D eigenvalue weighted by Crippen LogP contribution is -2.42. The third kappa shape index (κ3) is 3.63. The number of piperidine rings is 1. The van der Waals surface area contributed by atoms with Gasteiger partial charge in [-0.3, -0.25) is 4.79 Å². The van der Waals surface area contributed by atoms with Crippen LogP contribution in [-0.4, -0.2) is 44.3 Å². The molecule has 6 nitrogen and oxygen atoms in total. The van der Waals surface area contributed by atoms with Crippen molar-refractivity contribution < 1.29 is 13.2 Å². The highest BCUT2D eigenvalue weighted by atomic mass is 32.2. The van der Waals surface area contributed by atoms with Crippen LogP contribution in [-0.2, 0) is 10.0 Å². The van der Waals surface area contributed by atoms with E-state index in [0.29, 0.717) is 25.6 Å². The zero-order chi connectivity index (χ0) is 17.2. The average molecular weight is 351 g/mol. The Morgan fingerprint density at radius 3 is 2.50 bits per heavy atom. The van der Waals surface area contributed by atoms with Crippen LogP contribution in [0.15, 0.2) is 29.2 Å². The third-order valence-electron chi connectivity index (χ3n) is 4.83. The first-order chi connectivity index (χ1) is 11.5. The van der Waals surface area contributed by atoms with Crippen LogP contribution in [0.5, 0.6) is 0 Å². The molecule has 1 amide bonds. The van der Waals surface area contributed by atoms with Crippen LogP contribution < -0.4 is 11.1 Å². The van der Waals surface area contributed by atoms with Gasteiger partial charge in [-0.15, -0.1) is 0 Å². The highest BCUT2D eigenvalue weighted by Gasteiger charge is 2.33. The van der Waals surface area contributed by atoms with E-state index in [-0.39, 0.29) is 22.4 Å². The lowest BCUT2D eigenvalue weighted by molar-refractivity contribution is 0.0930. The molecule has 0 spiro atoms. The van der Waals surface area contributed by atoms with Crippen LogP contribution in [0.2, 0.25) is 0 Å². The van der Waals surface area contributed by atoms with Gasteiger partial charge in [0.2, 0.25) is 10.0 Å². The number of hydrogen-bond donors (Lipinski definition) is 2. The van der Waals surface area contributed by atoms with Crippen LogP contribution in [0.25, 0.3) is 0 Å². The number of benzene rings is 1. The van der Waals surface area contributed by atoms with Crippen LogP contribution in [0.1, 0.15) is 42.5 Å². The Kier molecular flexibility index (Phi) is 5.22. The lowest BCUT2D eigenvalue weighted by atomic mass is 10.1. The molecule has 1 unspecified atom stereocenters. The molecular weight excluding hydrogens is 326 g/mol. The van der Waals surface area contributed by atoms with Crippen LogP contribution in [0.4, 0.5) is 0 Å². The molecule has 1 heterocycles. The smallest absolute Gasteiger partial charge is 0.252 e. The van der Waals surface area contributed by atoms with Crippen molar-refractivity contribution in [2.45, 2.75) is 43.0 Å². The zero-order valence-electron chi connectivity index (χ0n) is 13.8. The van der Waals surface area contributed by atoms with Gasteiger partial charge in [0.25, 0.3) is 5.91 Å². The average Bonchev–Trinajstić information content (AvgIpc) is 3.45. The molecule has 1 aliphatic heterocycles. The van der Waals surface area contributed by atoms with E-state index in [2.05, 4.69) is 5.32 Å². The Balaban J connectivity index is 1.85. The predicted octanol–water partition coefficient (Wildman–Crippen LogP) is 1.33. The Morgan fingerprint density at radius 1 is 1.21 bits per heavy atom. The van der Waals surface area contributed by atoms with Crippen molar-refractivity contribution in [3.63, 3.8) is 0 Å². The molecule has 0 bridgehead atoms. The molecule has 7 heteroatoms. The summed E-state index contributed by atoms with van der Waals surface area (Å²) in [5, 5.41) is 2.91.